The number of benzene rings is 1. The summed E-state index contributed by atoms with van der Waals surface area (Å²) >= 11 is 1.25. The molecule has 0 aliphatic carbocycles. The van der Waals surface area contributed by atoms with Crippen LogP contribution in [-0.2, 0) is 11.3 Å². The maximum Gasteiger partial charge on any atom is 0.286 e. The Morgan fingerprint density at radius 2 is 1.74 bits per heavy atom. The van der Waals surface area contributed by atoms with Crippen molar-refractivity contribution >= 4 is 28.8 Å². The summed E-state index contributed by atoms with van der Waals surface area (Å²) in [6, 6.07) is 5.58. The van der Waals surface area contributed by atoms with Crippen LogP contribution >= 0.6 is 11.3 Å². The summed E-state index contributed by atoms with van der Waals surface area (Å²) < 4.78 is 13.0. The van der Waals surface area contributed by atoms with Gasteiger partial charge in [0.2, 0.25) is 10.9 Å². The van der Waals surface area contributed by atoms with Crippen molar-refractivity contribution in [3.8, 4) is 0 Å². The molecule has 1 aliphatic heterocycles. The molecule has 3 rings (SSSR count). The van der Waals surface area contributed by atoms with Crippen LogP contribution in [-0.4, -0.2) is 70.1 Å². The lowest BCUT2D eigenvalue weighted by molar-refractivity contribution is -0.123. The van der Waals surface area contributed by atoms with Gasteiger partial charge in [0.1, 0.15) is 10.8 Å². The minimum atomic E-state index is -0.359. The molecule has 2 heterocycles. The Bertz CT molecular complexity index is 896. The normalized spacial score (nSPS) is 16.0. The van der Waals surface area contributed by atoms with Crippen LogP contribution in [0, 0.1) is 5.82 Å². The van der Waals surface area contributed by atoms with Crippen LogP contribution in [0.25, 0.3) is 0 Å². The molecule has 1 aliphatic rings. The predicted molar refractivity (Wildman–Crippen MR) is 118 cm³/mol. The van der Waals surface area contributed by atoms with Crippen molar-refractivity contribution < 1.29 is 14.0 Å². The Kier molecular flexibility index (Phi) is 7.69. The molecule has 168 valence electrons. The monoisotopic (exact) mass is 448 g/mol. The number of amides is 2. The lowest BCUT2D eigenvalue weighted by atomic mass is 10.1. The molecule has 1 fully saturated rings. The zero-order valence-corrected chi connectivity index (χ0v) is 19.0. The minimum absolute atomic E-state index is 0.0434. The molecule has 2 amide bonds. The third-order valence-electron chi connectivity index (χ3n) is 4.68. The second kappa shape index (κ2) is 10.3. The van der Waals surface area contributed by atoms with Crippen molar-refractivity contribution in [3.63, 3.8) is 0 Å². The van der Waals surface area contributed by atoms with Crippen LogP contribution in [0.3, 0.4) is 0 Å². The van der Waals surface area contributed by atoms with Crippen LogP contribution in [0.1, 0.15) is 42.0 Å². The third kappa shape index (κ3) is 7.64. The van der Waals surface area contributed by atoms with Gasteiger partial charge in [0.25, 0.3) is 5.91 Å². The lowest BCUT2D eigenvalue weighted by Gasteiger charge is -2.24. The zero-order valence-electron chi connectivity index (χ0n) is 18.2. The molecule has 10 heteroatoms. The summed E-state index contributed by atoms with van der Waals surface area (Å²) in [4.78, 5) is 29.0. The molecule has 2 N–H and O–H groups in total. The SMILES string of the molecule is CC(C)(C)NC(=O)CN1CCCN(Cc2nnc(C(=O)Nc3ccc(F)cc3)s2)CC1. The van der Waals surface area contributed by atoms with Gasteiger partial charge < -0.3 is 10.6 Å². The Hall–Kier alpha value is -2.43. The van der Waals surface area contributed by atoms with Gasteiger partial charge in [-0.1, -0.05) is 11.3 Å². The predicted octanol–water partition coefficient (Wildman–Crippen LogP) is 2.35. The number of carbonyl (C=O) groups is 2. The molecule has 0 unspecified atom stereocenters. The van der Waals surface area contributed by atoms with Crippen molar-refractivity contribution in [2.45, 2.75) is 39.3 Å². The van der Waals surface area contributed by atoms with E-state index in [1.807, 2.05) is 20.8 Å². The Morgan fingerprint density at radius 3 is 2.45 bits per heavy atom. The molecule has 0 atom stereocenters. The second-order valence-corrected chi connectivity index (χ2v) is 9.73. The number of anilines is 1. The molecule has 2 aromatic rings. The summed E-state index contributed by atoms with van der Waals surface area (Å²) in [6.07, 6.45) is 0.958. The highest BCUT2D eigenvalue weighted by Gasteiger charge is 2.21. The first-order chi connectivity index (χ1) is 14.7. The number of nitrogens with zero attached hydrogens (tertiary/aromatic N) is 4. The summed E-state index contributed by atoms with van der Waals surface area (Å²) in [5.41, 5.74) is 0.277. The Balaban J connectivity index is 1.48. The van der Waals surface area contributed by atoms with Crippen molar-refractivity contribution in [2.75, 3.05) is 38.0 Å². The number of halogens is 1. The van der Waals surface area contributed by atoms with Crippen molar-refractivity contribution in [1.29, 1.82) is 0 Å². The smallest absolute Gasteiger partial charge is 0.286 e. The molecular weight excluding hydrogens is 419 g/mol. The van der Waals surface area contributed by atoms with E-state index in [4.69, 9.17) is 0 Å². The van der Waals surface area contributed by atoms with Gasteiger partial charge in [-0.15, -0.1) is 10.2 Å². The van der Waals surface area contributed by atoms with Crippen LogP contribution in [0.5, 0.6) is 0 Å². The van der Waals surface area contributed by atoms with Crippen LogP contribution in [0.2, 0.25) is 0 Å². The van der Waals surface area contributed by atoms with Crippen molar-refractivity contribution in [1.82, 2.24) is 25.3 Å². The first-order valence-corrected chi connectivity index (χ1v) is 11.1. The highest BCUT2D eigenvalue weighted by atomic mass is 32.1. The third-order valence-corrected chi connectivity index (χ3v) is 5.59. The summed E-state index contributed by atoms with van der Waals surface area (Å²) in [6.45, 7) is 10.3. The van der Waals surface area contributed by atoms with Gasteiger partial charge >= 0.3 is 0 Å². The van der Waals surface area contributed by atoms with Gasteiger partial charge in [-0.3, -0.25) is 19.4 Å². The molecule has 1 aromatic carbocycles. The number of nitrogens with one attached hydrogen (secondary N) is 2. The van der Waals surface area contributed by atoms with Gasteiger partial charge in [0.05, 0.1) is 13.1 Å². The average Bonchev–Trinajstić information content (AvgIpc) is 3.04. The standard InChI is InChI=1S/C21H29FN6O2S/c1-21(2,3)24-17(29)13-27-9-4-10-28(12-11-27)14-18-25-26-20(31-18)19(30)23-16-7-5-15(22)6-8-16/h5-8H,4,9-14H2,1-3H3,(H,23,30)(H,24,29). The maximum atomic E-state index is 13.0. The van der Waals surface area contributed by atoms with E-state index in [0.29, 0.717) is 18.8 Å². The van der Waals surface area contributed by atoms with Gasteiger partial charge in [-0.25, -0.2) is 4.39 Å². The average molecular weight is 449 g/mol. The number of aromatic nitrogens is 2. The van der Waals surface area contributed by atoms with E-state index in [0.717, 1.165) is 37.6 Å². The van der Waals surface area contributed by atoms with Gasteiger partial charge in [-0.05, 0) is 64.5 Å². The fourth-order valence-corrected chi connectivity index (χ4v) is 4.10. The van der Waals surface area contributed by atoms with Gasteiger partial charge in [-0.2, -0.15) is 0 Å². The fraction of sp³-hybridized carbons (Fsp3) is 0.524. The molecule has 8 nitrogen and oxygen atoms in total. The summed E-state index contributed by atoms with van der Waals surface area (Å²) in [7, 11) is 0. The van der Waals surface area contributed by atoms with Gasteiger partial charge in [0, 0.05) is 24.3 Å². The molecule has 1 saturated heterocycles. The van der Waals surface area contributed by atoms with Crippen LogP contribution in [0.15, 0.2) is 24.3 Å². The van der Waals surface area contributed by atoms with E-state index >= 15 is 0 Å². The molecule has 0 saturated carbocycles. The molecule has 0 radical (unpaired) electrons. The largest absolute Gasteiger partial charge is 0.350 e. The van der Waals surface area contributed by atoms with E-state index in [2.05, 4.69) is 30.6 Å². The first kappa shape index (κ1) is 23.2. The first-order valence-electron chi connectivity index (χ1n) is 10.3. The van der Waals surface area contributed by atoms with Crippen molar-refractivity contribution in [2.24, 2.45) is 0 Å². The van der Waals surface area contributed by atoms with Crippen molar-refractivity contribution in [3.05, 3.63) is 40.1 Å². The Morgan fingerprint density at radius 1 is 1.06 bits per heavy atom. The summed E-state index contributed by atoms with van der Waals surface area (Å²) in [5.74, 6) is -0.675. The highest BCUT2D eigenvalue weighted by Crippen LogP contribution is 2.16. The van der Waals surface area contributed by atoms with E-state index in [1.54, 1.807) is 0 Å². The molecule has 0 bridgehead atoms. The number of carbonyl (C=O) groups excluding carboxylic acids is 2. The second-order valence-electron chi connectivity index (χ2n) is 8.67. The minimum Gasteiger partial charge on any atom is -0.350 e. The van der Waals surface area contributed by atoms with Gasteiger partial charge in [0.15, 0.2) is 0 Å². The molecule has 0 spiro atoms. The number of hydrogen-bond donors (Lipinski definition) is 2. The van der Waals surface area contributed by atoms with E-state index in [9.17, 15) is 14.0 Å². The molecular formula is C21H29FN6O2S. The Labute approximate surface area is 185 Å². The summed E-state index contributed by atoms with van der Waals surface area (Å²) in [5, 5.41) is 14.9. The molecule has 31 heavy (non-hydrogen) atoms. The maximum absolute atomic E-state index is 13.0. The fourth-order valence-electron chi connectivity index (χ4n) is 3.32. The zero-order chi connectivity index (χ0) is 22.4. The van der Waals surface area contributed by atoms with E-state index in [1.165, 1.54) is 35.6 Å². The van der Waals surface area contributed by atoms with E-state index in [-0.39, 0.29) is 28.2 Å². The lowest BCUT2D eigenvalue weighted by Crippen LogP contribution is -2.46. The van der Waals surface area contributed by atoms with E-state index < -0.39 is 0 Å². The van der Waals surface area contributed by atoms with Crippen LogP contribution < -0.4 is 10.6 Å². The number of hydrogen-bond acceptors (Lipinski definition) is 7. The highest BCUT2D eigenvalue weighted by molar-refractivity contribution is 7.13. The van der Waals surface area contributed by atoms with Crippen LogP contribution in [0.4, 0.5) is 10.1 Å². The quantitative estimate of drug-likeness (QED) is 0.705. The molecule has 1 aromatic heterocycles. The topological polar surface area (TPSA) is 90.5 Å². The number of rotatable bonds is 6.